The van der Waals surface area contributed by atoms with Crippen molar-refractivity contribution in [2.75, 3.05) is 5.32 Å². The molecule has 0 aliphatic heterocycles. The molecule has 0 heterocycles. The van der Waals surface area contributed by atoms with Crippen LogP contribution in [0.4, 0.5) is 18.9 Å². The molecule has 0 aromatic heterocycles. The maximum atomic E-state index is 12.5. The topological polar surface area (TPSA) is 55.1 Å². The SMILES string of the molecule is CCC[C@H](Nc1cccc(C(F)(F)F)c1)C(N)=O. The average Bonchev–Trinajstić information content (AvgIpc) is 2.27. The van der Waals surface area contributed by atoms with Crippen molar-refractivity contribution < 1.29 is 18.0 Å². The fourth-order valence-electron chi connectivity index (χ4n) is 1.56. The fraction of sp³-hybridized carbons (Fsp3) is 0.417. The first kappa shape index (κ1) is 14.3. The molecule has 0 saturated heterocycles. The van der Waals surface area contributed by atoms with Gasteiger partial charge in [0.25, 0.3) is 0 Å². The smallest absolute Gasteiger partial charge is 0.374 e. The lowest BCUT2D eigenvalue weighted by Gasteiger charge is -2.17. The molecule has 1 aromatic carbocycles. The Morgan fingerprint density at radius 1 is 1.44 bits per heavy atom. The van der Waals surface area contributed by atoms with Gasteiger partial charge in [-0.2, -0.15) is 13.2 Å². The Balaban J connectivity index is 2.87. The molecule has 0 aliphatic carbocycles. The predicted octanol–water partition coefficient (Wildman–Crippen LogP) is 2.77. The molecule has 1 aromatic rings. The van der Waals surface area contributed by atoms with E-state index in [1.54, 1.807) is 0 Å². The molecule has 0 radical (unpaired) electrons. The van der Waals surface area contributed by atoms with Gasteiger partial charge in [0.2, 0.25) is 5.91 Å². The van der Waals surface area contributed by atoms with Gasteiger partial charge in [-0.15, -0.1) is 0 Å². The Kier molecular flexibility index (Phi) is 4.58. The van der Waals surface area contributed by atoms with E-state index in [1.165, 1.54) is 12.1 Å². The zero-order valence-electron chi connectivity index (χ0n) is 9.92. The highest BCUT2D eigenvalue weighted by Crippen LogP contribution is 2.30. The van der Waals surface area contributed by atoms with Crippen molar-refractivity contribution in [3.8, 4) is 0 Å². The summed E-state index contributed by atoms with van der Waals surface area (Å²) < 4.78 is 37.5. The highest BCUT2D eigenvalue weighted by atomic mass is 19.4. The van der Waals surface area contributed by atoms with Gasteiger partial charge < -0.3 is 11.1 Å². The highest BCUT2D eigenvalue weighted by Gasteiger charge is 2.30. The zero-order chi connectivity index (χ0) is 13.8. The molecular formula is C12H15F3N2O. The Labute approximate surface area is 103 Å². The van der Waals surface area contributed by atoms with Gasteiger partial charge in [0.05, 0.1) is 5.56 Å². The number of anilines is 1. The van der Waals surface area contributed by atoms with Crippen LogP contribution >= 0.6 is 0 Å². The summed E-state index contributed by atoms with van der Waals surface area (Å²) in [6.07, 6.45) is -3.21. The molecule has 0 unspecified atom stereocenters. The molecule has 6 heteroatoms. The second-order valence-electron chi connectivity index (χ2n) is 3.97. The second-order valence-corrected chi connectivity index (χ2v) is 3.97. The van der Waals surface area contributed by atoms with Crippen molar-refractivity contribution >= 4 is 11.6 Å². The minimum absolute atomic E-state index is 0.238. The number of carbonyl (C=O) groups excluding carboxylic acids is 1. The molecule has 100 valence electrons. The summed E-state index contributed by atoms with van der Waals surface area (Å²) in [5.41, 5.74) is 4.65. The maximum absolute atomic E-state index is 12.5. The molecule has 1 amide bonds. The van der Waals surface area contributed by atoms with Gasteiger partial charge in [-0.3, -0.25) is 4.79 Å². The number of carbonyl (C=O) groups is 1. The van der Waals surface area contributed by atoms with Crippen LogP contribution in [0.5, 0.6) is 0 Å². The monoisotopic (exact) mass is 260 g/mol. The Hall–Kier alpha value is -1.72. The number of hydrogen-bond acceptors (Lipinski definition) is 2. The van der Waals surface area contributed by atoms with Crippen molar-refractivity contribution in [2.45, 2.75) is 32.0 Å². The van der Waals surface area contributed by atoms with E-state index in [1.807, 2.05) is 6.92 Å². The zero-order valence-corrected chi connectivity index (χ0v) is 9.92. The first-order valence-corrected chi connectivity index (χ1v) is 5.57. The number of alkyl halides is 3. The largest absolute Gasteiger partial charge is 0.416 e. The molecule has 0 aliphatic rings. The van der Waals surface area contributed by atoms with E-state index in [0.29, 0.717) is 12.8 Å². The normalized spacial score (nSPS) is 13.1. The van der Waals surface area contributed by atoms with Gasteiger partial charge >= 0.3 is 6.18 Å². The van der Waals surface area contributed by atoms with Crippen molar-refractivity contribution in [3.63, 3.8) is 0 Å². The molecule has 0 fully saturated rings. The van der Waals surface area contributed by atoms with Gasteiger partial charge in [0.1, 0.15) is 6.04 Å². The van der Waals surface area contributed by atoms with Crippen molar-refractivity contribution in [2.24, 2.45) is 5.73 Å². The fourth-order valence-corrected chi connectivity index (χ4v) is 1.56. The van der Waals surface area contributed by atoms with Gasteiger partial charge in [-0.05, 0) is 24.6 Å². The predicted molar refractivity (Wildman–Crippen MR) is 63.0 cm³/mol. The van der Waals surface area contributed by atoms with Crippen LogP contribution in [0.2, 0.25) is 0 Å². The van der Waals surface area contributed by atoms with E-state index >= 15 is 0 Å². The highest BCUT2D eigenvalue weighted by molar-refractivity contribution is 5.82. The number of nitrogens with one attached hydrogen (secondary N) is 1. The first-order valence-electron chi connectivity index (χ1n) is 5.57. The molecular weight excluding hydrogens is 245 g/mol. The molecule has 0 bridgehead atoms. The maximum Gasteiger partial charge on any atom is 0.416 e. The van der Waals surface area contributed by atoms with Gasteiger partial charge in [0.15, 0.2) is 0 Å². The van der Waals surface area contributed by atoms with Gasteiger partial charge in [-0.1, -0.05) is 19.4 Å². The standard InChI is InChI=1S/C12H15F3N2O/c1-2-4-10(11(16)18)17-9-6-3-5-8(7-9)12(13,14)15/h3,5-7,10,17H,2,4H2,1H3,(H2,16,18)/t10-/m0/s1. The molecule has 1 rings (SSSR count). The number of nitrogens with two attached hydrogens (primary N) is 1. The average molecular weight is 260 g/mol. The summed E-state index contributed by atoms with van der Waals surface area (Å²) in [6.45, 7) is 1.86. The lowest BCUT2D eigenvalue weighted by molar-refractivity contribution is -0.137. The molecule has 3 nitrogen and oxygen atoms in total. The quantitative estimate of drug-likeness (QED) is 0.855. The van der Waals surface area contributed by atoms with Crippen LogP contribution in [0.15, 0.2) is 24.3 Å². The number of hydrogen-bond donors (Lipinski definition) is 2. The summed E-state index contributed by atoms with van der Waals surface area (Å²) in [6, 6.07) is 4.05. The molecule has 3 N–H and O–H groups in total. The minimum atomic E-state index is -4.40. The molecule has 0 spiro atoms. The lowest BCUT2D eigenvalue weighted by atomic mass is 10.1. The van der Waals surface area contributed by atoms with E-state index in [9.17, 15) is 18.0 Å². The van der Waals surface area contributed by atoms with E-state index in [2.05, 4.69) is 5.32 Å². The van der Waals surface area contributed by atoms with E-state index < -0.39 is 23.7 Å². The lowest BCUT2D eigenvalue weighted by Crippen LogP contribution is -2.35. The van der Waals surface area contributed by atoms with E-state index in [4.69, 9.17) is 5.73 Å². The summed E-state index contributed by atoms with van der Waals surface area (Å²) in [5.74, 6) is -0.575. The van der Waals surface area contributed by atoms with E-state index in [-0.39, 0.29) is 5.69 Å². The summed E-state index contributed by atoms with van der Waals surface area (Å²) in [5, 5.41) is 2.72. The van der Waals surface area contributed by atoms with Crippen LogP contribution in [-0.4, -0.2) is 11.9 Å². The van der Waals surface area contributed by atoms with Crippen LogP contribution in [0.1, 0.15) is 25.3 Å². The van der Waals surface area contributed by atoms with Gasteiger partial charge in [0, 0.05) is 5.69 Å². The van der Waals surface area contributed by atoms with Crippen LogP contribution in [0.25, 0.3) is 0 Å². The summed E-state index contributed by atoms with van der Waals surface area (Å²) >= 11 is 0. The summed E-state index contributed by atoms with van der Waals surface area (Å²) in [4.78, 5) is 11.1. The third-order valence-electron chi connectivity index (χ3n) is 2.45. The van der Waals surface area contributed by atoms with Crippen LogP contribution in [0, 0.1) is 0 Å². The molecule has 0 saturated carbocycles. The van der Waals surface area contributed by atoms with Gasteiger partial charge in [-0.25, -0.2) is 0 Å². The van der Waals surface area contributed by atoms with Crippen molar-refractivity contribution in [1.29, 1.82) is 0 Å². The molecule has 18 heavy (non-hydrogen) atoms. The van der Waals surface area contributed by atoms with Crippen molar-refractivity contribution in [3.05, 3.63) is 29.8 Å². The van der Waals surface area contributed by atoms with Crippen molar-refractivity contribution in [1.82, 2.24) is 0 Å². The minimum Gasteiger partial charge on any atom is -0.374 e. The third-order valence-corrected chi connectivity index (χ3v) is 2.45. The number of benzene rings is 1. The summed E-state index contributed by atoms with van der Waals surface area (Å²) in [7, 11) is 0. The number of halogens is 3. The number of rotatable bonds is 5. The first-order chi connectivity index (χ1) is 8.34. The van der Waals surface area contributed by atoms with E-state index in [0.717, 1.165) is 12.1 Å². The number of amides is 1. The van der Waals surface area contributed by atoms with Crippen LogP contribution in [0.3, 0.4) is 0 Å². The molecule has 1 atom stereocenters. The second kappa shape index (κ2) is 5.75. The Bertz CT molecular complexity index is 418. The Morgan fingerprint density at radius 3 is 2.61 bits per heavy atom. The van der Waals surface area contributed by atoms with Crippen LogP contribution < -0.4 is 11.1 Å². The Morgan fingerprint density at radius 2 is 2.11 bits per heavy atom. The van der Waals surface area contributed by atoms with Crippen LogP contribution in [-0.2, 0) is 11.0 Å². The number of primary amides is 1. The third kappa shape index (κ3) is 3.94.